The van der Waals surface area contributed by atoms with Gasteiger partial charge in [0.1, 0.15) is 5.82 Å². The number of nitrogens with zero attached hydrogens (tertiary/aromatic N) is 3. The van der Waals surface area contributed by atoms with Gasteiger partial charge in [0.25, 0.3) is 0 Å². The molecule has 2 aromatic rings. The molecule has 20 heavy (non-hydrogen) atoms. The SMILES string of the molecule is CN(Cc1nccn1C)S(=O)(=O)c1ccc(Br)cc1Br. The van der Waals surface area contributed by atoms with E-state index >= 15 is 0 Å². The first-order valence-corrected chi connectivity index (χ1v) is 8.72. The molecule has 0 bridgehead atoms. The average Bonchev–Trinajstić information content (AvgIpc) is 2.74. The minimum Gasteiger partial charge on any atom is -0.337 e. The standard InChI is InChI=1S/C12H13Br2N3O2S/c1-16-6-5-15-12(16)8-17(2)20(18,19)11-4-3-9(13)7-10(11)14/h3-7H,8H2,1-2H3. The number of imidazole rings is 1. The van der Waals surface area contributed by atoms with Gasteiger partial charge in [-0.25, -0.2) is 13.4 Å². The molecule has 8 heteroatoms. The summed E-state index contributed by atoms with van der Waals surface area (Å²) < 4.78 is 29.5. The Bertz CT molecular complexity index is 728. The quantitative estimate of drug-likeness (QED) is 0.761. The first-order chi connectivity index (χ1) is 9.32. The molecule has 5 nitrogen and oxygen atoms in total. The van der Waals surface area contributed by atoms with Crippen LogP contribution in [0.4, 0.5) is 0 Å². The summed E-state index contributed by atoms with van der Waals surface area (Å²) in [5.74, 6) is 0.685. The summed E-state index contributed by atoms with van der Waals surface area (Å²) in [5, 5.41) is 0. The monoisotopic (exact) mass is 421 g/mol. The highest BCUT2D eigenvalue weighted by molar-refractivity contribution is 9.11. The number of benzene rings is 1. The first-order valence-electron chi connectivity index (χ1n) is 5.70. The predicted octanol–water partition coefficient (Wildman–Crippen LogP) is 2.77. The number of aryl methyl sites for hydroxylation is 1. The molecule has 2 rings (SSSR count). The molecule has 0 aliphatic carbocycles. The molecule has 0 radical (unpaired) electrons. The van der Waals surface area contributed by atoms with Crippen LogP contribution >= 0.6 is 31.9 Å². The molecular formula is C12H13Br2N3O2S. The zero-order chi connectivity index (χ0) is 14.9. The van der Waals surface area contributed by atoms with Gasteiger partial charge in [-0.2, -0.15) is 4.31 Å². The lowest BCUT2D eigenvalue weighted by molar-refractivity contribution is 0.451. The number of sulfonamides is 1. The van der Waals surface area contributed by atoms with Crippen LogP contribution in [0, 0.1) is 0 Å². The molecule has 0 amide bonds. The summed E-state index contributed by atoms with van der Waals surface area (Å²) >= 11 is 6.59. The van der Waals surface area contributed by atoms with Gasteiger partial charge in [-0.1, -0.05) is 15.9 Å². The summed E-state index contributed by atoms with van der Waals surface area (Å²) in [5.41, 5.74) is 0. The summed E-state index contributed by atoms with van der Waals surface area (Å²) in [6.07, 6.45) is 3.43. The molecule has 1 aromatic carbocycles. The van der Waals surface area contributed by atoms with Crippen LogP contribution in [0.15, 0.2) is 44.4 Å². The fourth-order valence-corrected chi connectivity index (χ4v) is 4.51. The molecule has 0 unspecified atom stereocenters. The van der Waals surface area contributed by atoms with Crippen LogP contribution < -0.4 is 0 Å². The van der Waals surface area contributed by atoms with Crippen molar-refractivity contribution in [2.75, 3.05) is 7.05 Å². The second kappa shape index (κ2) is 5.97. The third-order valence-corrected chi connectivity index (χ3v) is 6.14. The zero-order valence-electron chi connectivity index (χ0n) is 10.9. The normalized spacial score (nSPS) is 12.1. The second-order valence-corrected chi connectivity index (χ2v) is 8.07. The molecule has 1 heterocycles. The van der Waals surface area contributed by atoms with Crippen LogP contribution in [-0.4, -0.2) is 29.3 Å². The van der Waals surface area contributed by atoms with Gasteiger partial charge in [-0.15, -0.1) is 0 Å². The average molecular weight is 423 g/mol. The molecule has 0 saturated heterocycles. The number of aromatic nitrogens is 2. The Kier molecular flexibility index (Phi) is 4.68. The molecule has 0 aliphatic rings. The van der Waals surface area contributed by atoms with Crippen LogP contribution in [0.5, 0.6) is 0 Å². The lowest BCUT2D eigenvalue weighted by Crippen LogP contribution is -2.28. The maximum Gasteiger partial charge on any atom is 0.244 e. The van der Waals surface area contributed by atoms with Gasteiger partial charge < -0.3 is 4.57 Å². The van der Waals surface area contributed by atoms with E-state index in [1.807, 2.05) is 7.05 Å². The van der Waals surface area contributed by atoms with Crippen molar-refractivity contribution in [3.63, 3.8) is 0 Å². The molecule has 1 aromatic heterocycles. The van der Waals surface area contributed by atoms with Crippen LogP contribution in [-0.2, 0) is 23.6 Å². The van der Waals surface area contributed by atoms with Gasteiger partial charge in [0, 0.05) is 35.4 Å². The van der Waals surface area contributed by atoms with Gasteiger partial charge in [0.05, 0.1) is 11.4 Å². The van der Waals surface area contributed by atoms with Gasteiger partial charge in [-0.05, 0) is 34.1 Å². The smallest absolute Gasteiger partial charge is 0.244 e. The van der Waals surface area contributed by atoms with E-state index in [1.165, 1.54) is 4.31 Å². The van der Waals surface area contributed by atoms with E-state index in [4.69, 9.17) is 0 Å². The maximum atomic E-state index is 12.5. The van der Waals surface area contributed by atoms with E-state index in [-0.39, 0.29) is 11.4 Å². The molecule has 0 spiro atoms. The van der Waals surface area contributed by atoms with E-state index < -0.39 is 10.0 Å². The molecule has 108 valence electrons. The third-order valence-electron chi connectivity index (χ3n) is 2.87. The molecule has 0 atom stereocenters. The van der Waals surface area contributed by atoms with Crippen molar-refractivity contribution in [1.82, 2.24) is 13.9 Å². The highest BCUT2D eigenvalue weighted by atomic mass is 79.9. The number of rotatable bonds is 4. The number of hydrogen-bond acceptors (Lipinski definition) is 3. The predicted molar refractivity (Wildman–Crippen MR) is 83.7 cm³/mol. The third kappa shape index (κ3) is 3.13. The van der Waals surface area contributed by atoms with E-state index in [9.17, 15) is 8.42 Å². The fraction of sp³-hybridized carbons (Fsp3) is 0.250. The lowest BCUT2D eigenvalue weighted by atomic mass is 10.4. The van der Waals surface area contributed by atoms with Crippen LogP contribution in [0.3, 0.4) is 0 Å². The topological polar surface area (TPSA) is 55.2 Å². The Labute approximate surface area is 134 Å². The van der Waals surface area contributed by atoms with Gasteiger partial charge in [-0.3, -0.25) is 0 Å². The van der Waals surface area contributed by atoms with Crippen molar-refractivity contribution in [3.8, 4) is 0 Å². The van der Waals surface area contributed by atoms with Gasteiger partial charge >= 0.3 is 0 Å². The van der Waals surface area contributed by atoms with Crippen LogP contribution in [0.25, 0.3) is 0 Å². The molecular weight excluding hydrogens is 410 g/mol. The highest BCUT2D eigenvalue weighted by Gasteiger charge is 2.24. The van der Waals surface area contributed by atoms with Crippen molar-refractivity contribution in [2.24, 2.45) is 7.05 Å². The Hall–Kier alpha value is -0.700. The van der Waals surface area contributed by atoms with Crippen molar-refractivity contribution >= 4 is 41.9 Å². The molecule has 0 saturated carbocycles. The molecule has 0 N–H and O–H groups in total. The van der Waals surface area contributed by atoms with Gasteiger partial charge in [0.15, 0.2) is 0 Å². The van der Waals surface area contributed by atoms with E-state index in [1.54, 1.807) is 42.2 Å². The van der Waals surface area contributed by atoms with Crippen LogP contribution in [0.2, 0.25) is 0 Å². The lowest BCUT2D eigenvalue weighted by Gasteiger charge is -2.18. The highest BCUT2D eigenvalue weighted by Crippen LogP contribution is 2.28. The van der Waals surface area contributed by atoms with Gasteiger partial charge in [0.2, 0.25) is 10.0 Å². The largest absolute Gasteiger partial charge is 0.337 e. The second-order valence-electron chi connectivity index (χ2n) is 4.29. The fourth-order valence-electron chi connectivity index (χ4n) is 1.69. The number of hydrogen-bond donors (Lipinski definition) is 0. The molecule has 0 fully saturated rings. The van der Waals surface area contributed by atoms with Crippen molar-refractivity contribution in [2.45, 2.75) is 11.4 Å². The number of halogens is 2. The summed E-state index contributed by atoms with van der Waals surface area (Å²) in [7, 11) is -0.195. The summed E-state index contributed by atoms with van der Waals surface area (Å²) in [6, 6.07) is 4.98. The van der Waals surface area contributed by atoms with Crippen molar-refractivity contribution in [3.05, 3.63) is 45.4 Å². The van der Waals surface area contributed by atoms with E-state index in [2.05, 4.69) is 36.8 Å². The Morgan fingerprint density at radius 2 is 2.05 bits per heavy atom. The minimum atomic E-state index is -3.57. The van der Waals surface area contributed by atoms with E-state index in [0.717, 1.165) is 4.47 Å². The minimum absolute atomic E-state index is 0.217. The zero-order valence-corrected chi connectivity index (χ0v) is 14.9. The first kappa shape index (κ1) is 15.7. The Balaban J connectivity index is 2.32. The Morgan fingerprint density at radius 3 is 2.60 bits per heavy atom. The maximum absolute atomic E-state index is 12.5. The van der Waals surface area contributed by atoms with E-state index in [0.29, 0.717) is 10.3 Å². The Morgan fingerprint density at radius 1 is 1.35 bits per heavy atom. The summed E-state index contributed by atoms with van der Waals surface area (Å²) in [6.45, 7) is 0.217. The summed E-state index contributed by atoms with van der Waals surface area (Å²) in [4.78, 5) is 4.37. The van der Waals surface area contributed by atoms with Crippen molar-refractivity contribution < 1.29 is 8.42 Å². The van der Waals surface area contributed by atoms with Crippen molar-refractivity contribution in [1.29, 1.82) is 0 Å². The van der Waals surface area contributed by atoms with Crippen LogP contribution in [0.1, 0.15) is 5.82 Å². The molecule has 0 aliphatic heterocycles.